The van der Waals surface area contributed by atoms with E-state index in [2.05, 4.69) is 31.0 Å². The first-order valence-electron chi connectivity index (χ1n) is 5.18. The molecule has 0 aliphatic heterocycles. The van der Waals surface area contributed by atoms with Gasteiger partial charge in [-0.3, -0.25) is 4.90 Å². The molecule has 0 aromatic carbocycles. The Morgan fingerprint density at radius 3 is 2.08 bits per heavy atom. The second-order valence-corrected chi connectivity index (χ2v) is 3.22. The summed E-state index contributed by atoms with van der Waals surface area (Å²) in [5.41, 5.74) is 0. The van der Waals surface area contributed by atoms with E-state index in [1.807, 2.05) is 7.05 Å². The molecule has 0 aliphatic rings. The van der Waals surface area contributed by atoms with Gasteiger partial charge < -0.3 is 5.32 Å². The van der Waals surface area contributed by atoms with Crippen LogP contribution in [0.1, 0.15) is 33.6 Å². The third kappa shape index (κ3) is 4.07. The molecule has 0 radical (unpaired) electrons. The van der Waals surface area contributed by atoms with Crippen LogP contribution < -0.4 is 5.32 Å². The number of rotatable bonds is 7. The summed E-state index contributed by atoms with van der Waals surface area (Å²) in [5, 5.41) is 3.26. The van der Waals surface area contributed by atoms with E-state index >= 15 is 0 Å². The topological polar surface area (TPSA) is 15.3 Å². The summed E-state index contributed by atoms with van der Waals surface area (Å²) in [7, 11) is 2.03. The van der Waals surface area contributed by atoms with Crippen molar-refractivity contribution in [3.63, 3.8) is 0 Å². The monoisotopic (exact) mass is 172 g/mol. The van der Waals surface area contributed by atoms with Gasteiger partial charge in [-0.2, -0.15) is 0 Å². The number of hydrogen-bond acceptors (Lipinski definition) is 2. The molecule has 0 rings (SSSR count). The zero-order valence-electron chi connectivity index (χ0n) is 9.06. The summed E-state index contributed by atoms with van der Waals surface area (Å²) < 4.78 is 0. The molecule has 1 N–H and O–H groups in total. The molecular weight excluding hydrogens is 148 g/mol. The Labute approximate surface area is 77.3 Å². The van der Waals surface area contributed by atoms with Crippen LogP contribution in [0.2, 0.25) is 0 Å². The van der Waals surface area contributed by atoms with Gasteiger partial charge in [-0.15, -0.1) is 0 Å². The Bertz CT molecular complexity index is 83.8. The molecule has 0 fully saturated rings. The Balaban J connectivity index is 3.86. The van der Waals surface area contributed by atoms with E-state index < -0.39 is 0 Å². The SMILES string of the molecule is CCCC(CNC)N(CC)CC. The van der Waals surface area contributed by atoms with E-state index in [9.17, 15) is 0 Å². The molecule has 1 unspecified atom stereocenters. The fourth-order valence-electron chi connectivity index (χ4n) is 1.72. The minimum Gasteiger partial charge on any atom is -0.318 e. The lowest BCUT2D eigenvalue weighted by molar-refractivity contribution is 0.202. The van der Waals surface area contributed by atoms with Crippen LogP contribution in [0, 0.1) is 0 Å². The van der Waals surface area contributed by atoms with Crippen LogP contribution in [0.3, 0.4) is 0 Å². The largest absolute Gasteiger partial charge is 0.318 e. The maximum Gasteiger partial charge on any atom is 0.0220 e. The lowest BCUT2D eigenvalue weighted by atomic mass is 10.1. The van der Waals surface area contributed by atoms with E-state index in [1.165, 1.54) is 25.9 Å². The molecule has 0 amide bonds. The second kappa shape index (κ2) is 7.56. The van der Waals surface area contributed by atoms with Crippen molar-refractivity contribution in [1.82, 2.24) is 10.2 Å². The maximum atomic E-state index is 3.26. The highest BCUT2D eigenvalue weighted by molar-refractivity contribution is 4.70. The highest BCUT2D eigenvalue weighted by atomic mass is 15.2. The predicted molar refractivity (Wildman–Crippen MR) is 55.5 cm³/mol. The van der Waals surface area contributed by atoms with Gasteiger partial charge in [0.1, 0.15) is 0 Å². The van der Waals surface area contributed by atoms with Crippen LogP contribution in [0.15, 0.2) is 0 Å². The Kier molecular flexibility index (Phi) is 7.51. The van der Waals surface area contributed by atoms with Crippen molar-refractivity contribution in [2.24, 2.45) is 0 Å². The zero-order chi connectivity index (χ0) is 9.40. The lowest BCUT2D eigenvalue weighted by Gasteiger charge is -2.29. The molecule has 0 bridgehead atoms. The Hall–Kier alpha value is -0.0800. The third-order valence-electron chi connectivity index (χ3n) is 2.39. The number of nitrogens with one attached hydrogen (secondary N) is 1. The van der Waals surface area contributed by atoms with E-state index in [4.69, 9.17) is 0 Å². The van der Waals surface area contributed by atoms with Crippen LogP contribution in [0.25, 0.3) is 0 Å². The van der Waals surface area contributed by atoms with Crippen LogP contribution in [-0.2, 0) is 0 Å². The van der Waals surface area contributed by atoms with Gasteiger partial charge in [-0.05, 0) is 26.6 Å². The smallest absolute Gasteiger partial charge is 0.0220 e. The van der Waals surface area contributed by atoms with Gasteiger partial charge in [0.25, 0.3) is 0 Å². The highest BCUT2D eigenvalue weighted by Gasteiger charge is 2.12. The standard InChI is InChI=1S/C10H24N2/c1-5-8-10(9-11-4)12(6-2)7-3/h10-11H,5-9H2,1-4H3. The Morgan fingerprint density at radius 2 is 1.75 bits per heavy atom. The predicted octanol–water partition coefficient (Wildman–Crippen LogP) is 1.72. The summed E-state index contributed by atoms with van der Waals surface area (Å²) in [5.74, 6) is 0. The fraction of sp³-hybridized carbons (Fsp3) is 1.00. The molecule has 0 spiro atoms. The first-order chi connectivity index (χ1) is 5.79. The number of likely N-dealkylation sites (N-methyl/N-ethyl adjacent to an activating group) is 2. The summed E-state index contributed by atoms with van der Waals surface area (Å²) in [6, 6.07) is 0.731. The molecular formula is C10H24N2. The van der Waals surface area contributed by atoms with E-state index in [0.717, 1.165) is 12.6 Å². The van der Waals surface area contributed by atoms with Gasteiger partial charge in [0, 0.05) is 12.6 Å². The molecule has 0 aliphatic carbocycles. The number of nitrogens with zero attached hydrogens (tertiary/aromatic N) is 1. The average Bonchev–Trinajstić information content (AvgIpc) is 2.07. The van der Waals surface area contributed by atoms with E-state index in [0.29, 0.717) is 0 Å². The number of hydrogen-bond donors (Lipinski definition) is 1. The van der Waals surface area contributed by atoms with Gasteiger partial charge in [-0.1, -0.05) is 27.2 Å². The molecule has 2 nitrogen and oxygen atoms in total. The summed E-state index contributed by atoms with van der Waals surface area (Å²) in [6.07, 6.45) is 2.59. The molecule has 0 saturated heterocycles. The summed E-state index contributed by atoms with van der Waals surface area (Å²) >= 11 is 0. The lowest BCUT2D eigenvalue weighted by Crippen LogP contribution is -2.41. The summed E-state index contributed by atoms with van der Waals surface area (Å²) in [4.78, 5) is 2.53. The molecule has 74 valence electrons. The molecule has 1 atom stereocenters. The molecule has 0 aromatic heterocycles. The van der Waals surface area contributed by atoms with Crippen molar-refractivity contribution >= 4 is 0 Å². The van der Waals surface area contributed by atoms with Gasteiger partial charge in [-0.25, -0.2) is 0 Å². The van der Waals surface area contributed by atoms with Gasteiger partial charge in [0.15, 0.2) is 0 Å². The van der Waals surface area contributed by atoms with Crippen molar-refractivity contribution in [2.75, 3.05) is 26.7 Å². The molecule has 0 aromatic rings. The third-order valence-corrected chi connectivity index (χ3v) is 2.39. The minimum absolute atomic E-state index is 0.731. The van der Waals surface area contributed by atoms with Crippen LogP contribution in [0.4, 0.5) is 0 Å². The highest BCUT2D eigenvalue weighted by Crippen LogP contribution is 2.05. The van der Waals surface area contributed by atoms with Crippen LogP contribution >= 0.6 is 0 Å². The van der Waals surface area contributed by atoms with Gasteiger partial charge >= 0.3 is 0 Å². The van der Waals surface area contributed by atoms with Crippen molar-refractivity contribution in [3.8, 4) is 0 Å². The second-order valence-electron chi connectivity index (χ2n) is 3.22. The zero-order valence-corrected chi connectivity index (χ0v) is 9.06. The molecule has 2 heteroatoms. The van der Waals surface area contributed by atoms with Crippen LogP contribution in [0.5, 0.6) is 0 Å². The molecule has 0 heterocycles. The van der Waals surface area contributed by atoms with E-state index in [-0.39, 0.29) is 0 Å². The van der Waals surface area contributed by atoms with Crippen molar-refractivity contribution in [3.05, 3.63) is 0 Å². The molecule has 12 heavy (non-hydrogen) atoms. The quantitative estimate of drug-likeness (QED) is 0.629. The maximum absolute atomic E-state index is 3.26. The average molecular weight is 172 g/mol. The van der Waals surface area contributed by atoms with Crippen molar-refractivity contribution < 1.29 is 0 Å². The van der Waals surface area contributed by atoms with Crippen molar-refractivity contribution in [2.45, 2.75) is 39.7 Å². The normalized spacial score (nSPS) is 13.8. The van der Waals surface area contributed by atoms with Crippen LogP contribution in [-0.4, -0.2) is 37.6 Å². The first-order valence-corrected chi connectivity index (χ1v) is 5.18. The van der Waals surface area contributed by atoms with Gasteiger partial charge in [0.2, 0.25) is 0 Å². The van der Waals surface area contributed by atoms with Crippen molar-refractivity contribution in [1.29, 1.82) is 0 Å². The van der Waals surface area contributed by atoms with Gasteiger partial charge in [0.05, 0.1) is 0 Å². The summed E-state index contributed by atoms with van der Waals surface area (Å²) in [6.45, 7) is 10.2. The molecule has 0 saturated carbocycles. The first kappa shape index (κ1) is 11.9. The Morgan fingerprint density at radius 1 is 1.17 bits per heavy atom. The van der Waals surface area contributed by atoms with E-state index in [1.54, 1.807) is 0 Å². The fourth-order valence-corrected chi connectivity index (χ4v) is 1.72. The minimum atomic E-state index is 0.731.